The van der Waals surface area contributed by atoms with Gasteiger partial charge in [-0.25, -0.2) is 4.98 Å². The Hall–Kier alpha value is -2.48. The Morgan fingerprint density at radius 2 is 2.16 bits per heavy atom. The van der Waals surface area contributed by atoms with Crippen molar-refractivity contribution in [2.45, 2.75) is 13.0 Å². The van der Waals surface area contributed by atoms with E-state index in [-0.39, 0.29) is 6.10 Å². The van der Waals surface area contributed by atoms with Gasteiger partial charge in [-0.1, -0.05) is 0 Å². The minimum absolute atomic E-state index is 0.233. The summed E-state index contributed by atoms with van der Waals surface area (Å²) in [7, 11) is 3.48. The first kappa shape index (κ1) is 13.0. The summed E-state index contributed by atoms with van der Waals surface area (Å²) in [4.78, 5) is 4.24. The molecule has 0 N–H and O–H groups in total. The van der Waals surface area contributed by atoms with Crippen molar-refractivity contribution in [3.05, 3.63) is 42.0 Å². The molecule has 0 fully saturated rings. The van der Waals surface area contributed by atoms with Crippen LogP contribution < -0.4 is 9.47 Å². The van der Waals surface area contributed by atoms with Gasteiger partial charge in [-0.15, -0.1) is 0 Å². The average molecular weight is 257 g/mol. The predicted octanol–water partition coefficient (Wildman–Crippen LogP) is 2.44. The Kier molecular flexibility index (Phi) is 3.71. The van der Waals surface area contributed by atoms with Gasteiger partial charge in [-0.05, 0) is 19.1 Å². The second-order valence-corrected chi connectivity index (χ2v) is 4.13. The van der Waals surface area contributed by atoms with Crippen LogP contribution in [0, 0.1) is 11.3 Å². The van der Waals surface area contributed by atoms with Crippen molar-refractivity contribution in [3.8, 4) is 17.6 Å². The van der Waals surface area contributed by atoms with Crippen LogP contribution in [0.1, 0.15) is 24.4 Å². The zero-order valence-corrected chi connectivity index (χ0v) is 11.1. The largest absolute Gasteiger partial charge is 0.493 e. The topological polar surface area (TPSA) is 60.1 Å². The summed E-state index contributed by atoms with van der Waals surface area (Å²) >= 11 is 0. The molecule has 0 spiro atoms. The van der Waals surface area contributed by atoms with E-state index in [1.807, 2.05) is 24.7 Å². The molecule has 2 rings (SSSR count). The van der Waals surface area contributed by atoms with Gasteiger partial charge in [0.1, 0.15) is 5.82 Å². The minimum atomic E-state index is -0.233. The summed E-state index contributed by atoms with van der Waals surface area (Å²) in [5.74, 6) is 1.95. The van der Waals surface area contributed by atoms with E-state index in [1.165, 1.54) is 0 Å². The standard InChI is InChI=1S/C14H15N3O2/c1-10(14-16-6-7-17(14)2)19-13-8-11(9-15)4-5-12(13)18-3/h4-8,10H,1-3H3. The van der Waals surface area contributed by atoms with Crippen molar-refractivity contribution in [2.24, 2.45) is 7.05 Å². The van der Waals surface area contributed by atoms with Gasteiger partial charge in [-0.3, -0.25) is 0 Å². The second-order valence-electron chi connectivity index (χ2n) is 4.13. The van der Waals surface area contributed by atoms with Crippen LogP contribution in [0.4, 0.5) is 0 Å². The molecule has 1 heterocycles. The average Bonchev–Trinajstić information content (AvgIpc) is 2.85. The summed E-state index contributed by atoms with van der Waals surface area (Å²) in [6.45, 7) is 1.90. The normalized spacial score (nSPS) is 11.7. The molecule has 1 aromatic carbocycles. The molecule has 1 aromatic heterocycles. The number of imidazole rings is 1. The third-order valence-corrected chi connectivity index (χ3v) is 2.82. The first-order chi connectivity index (χ1) is 9.15. The number of hydrogen-bond acceptors (Lipinski definition) is 4. The smallest absolute Gasteiger partial charge is 0.163 e. The number of nitrogens with zero attached hydrogens (tertiary/aromatic N) is 3. The summed E-state index contributed by atoms with van der Waals surface area (Å²) in [6, 6.07) is 7.16. The van der Waals surface area contributed by atoms with Crippen molar-refractivity contribution in [1.82, 2.24) is 9.55 Å². The van der Waals surface area contributed by atoms with Crippen LogP contribution in [-0.2, 0) is 7.05 Å². The highest BCUT2D eigenvalue weighted by Gasteiger charge is 2.15. The van der Waals surface area contributed by atoms with Crippen molar-refractivity contribution >= 4 is 0 Å². The summed E-state index contributed by atoms with van der Waals surface area (Å²) in [6.07, 6.45) is 3.35. The predicted molar refractivity (Wildman–Crippen MR) is 70.0 cm³/mol. The Balaban J connectivity index is 2.28. The maximum Gasteiger partial charge on any atom is 0.163 e. The highest BCUT2D eigenvalue weighted by molar-refractivity contribution is 5.46. The van der Waals surface area contributed by atoms with E-state index in [0.29, 0.717) is 17.1 Å². The van der Waals surface area contributed by atoms with Crippen LogP contribution in [0.25, 0.3) is 0 Å². The van der Waals surface area contributed by atoms with E-state index in [9.17, 15) is 0 Å². The fraction of sp³-hybridized carbons (Fsp3) is 0.286. The fourth-order valence-corrected chi connectivity index (χ4v) is 1.85. The summed E-state index contributed by atoms with van der Waals surface area (Å²) in [5, 5.41) is 8.93. The molecular weight excluding hydrogens is 242 g/mol. The molecule has 1 unspecified atom stereocenters. The van der Waals surface area contributed by atoms with Gasteiger partial charge in [0.25, 0.3) is 0 Å². The molecule has 0 amide bonds. The van der Waals surface area contributed by atoms with Crippen LogP contribution in [0.3, 0.4) is 0 Å². The van der Waals surface area contributed by atoms with Crippen molar-refractivity contribution in [3.63, 3.8) is 0 Å². The fourth-order valence-electron chi connectivity index (χ4n) is 1.85. The summed E-state index contributed by atoms with van der Waals surface area (Å²) < 4.78 is 13.0. The van der Waals surface area contributed by atoms with Gasteiger partial charge < -0.3 is 14.0 Å². The molecule has 0 bridgehead atoms. The molecule has 0 saturated carbocycles. The van der Waals surface area contributed by atoms with E-state index < -0.39 is 0 Å². The number of rotatable bonds is 4. The first-order valence-electron chi connectivity index (χ1n) is 5.87. The number of hydrogen-bond donors (Lipinski definition) is 0. The molecule has 0 aliphatic rings. The molecule has 98 valence electrons. The molecule has 0 radical (unpaired) electrons. The lowest BCUT2D eigenvalue weighted by Gasteiger charge is -2.16. The van der Waals surface area contributed by atoms with Gasteiger partial charge in [0.05, 0.1) is 18.7 Å². The van der Waals surface area contributed by atoms with Gasteiger partial charge >= 0.3 is 0 Å². The van der Waals surface area contributed by atoms with Crippen molar-refractivity contribution in [2.75, 3.05) is 7.11 Å². The number of nitriles is 1. The van der Waals surface area contributed by atoms with E-state index in [1.54, 1.807) is 31.5 Å². The van der Waals surface area contributed by atoms with Crippen molar-refractivity contribution in [1.29, 1.82) is 5.26 Å². The SMILES string of the molecule is COc1ccc(C#N)cc1OC(C)c1nccn1C. The van der Waals surface area contributed by atoms with Crippen LogP contribution in [0.2, 0.25) is 0 Å². The number of aryl methyl sites for hydroxylation is 1. The van der Waals surface area contributed by atoms with Gasteiger partial charge in [0.15, 0.2) is 17.6 Å². The maximum absolute atomic E-state index is 8.93. The lowest BCUT2D eigenvalue weighted by atomic mass is 10.2. The monoisotopic (exact) mass is 257 g/mol. The Labute approximate surface area is 112 Å². The van der Waals surface area contributed by atoms with Gasteiger partial charge in [0, 0.05) is 25.5 Å². The van der Waals surface area contributed by atoms with E-state index in [2.05, 4.69) is 11.1 Å². The molecule has 0 aliphatic carbocycles. The molecule has 19 heavy (non-hydrogen) atoms. The molecule has 5 heteroatoms. The van der Waals surface area contributed by atoms with Gasteiger partial charge in [0.2, 0.25) is 0 Å². The lowest BCUT2D eigenvalue weighted by Crippen LogP contribution is -2.10. The second kappa shape index (κ2) is 5.44. The highest BCUT2D eigenvalue weighted by Crippen LogP contribution is 2.31. The Morgan fingerprint density at radius 1 is 1.37 bits per heavy atom. The maximum atomic E-state index is 8.93. The molecule has 1 atom stereocenters. The van der Waals surface area contributed by atoms with E-state index in [0.717, 1.165) is 5.82 Å². The van der Waals surface area contributed by atoms with Crippen LogP contribution >= 0.6 is 0 Å². The minimum Gasteiger partial charge on any atom is -0.493 e. The molecule has 0 aliphatic heterocycles. The summed E-state index contributed by atoms with van der Waals surface area (Å²) in [5.41, 5.74) is 0.530. The lowest BCUT2D eigenvalue weighted by molar-refractivity contribution is 0.203. The molecule has 5 nitrogen and oxygen atoms in total. The number of ether oxygens (including phenoxy) is 2. The number of aromatic nitrogens is 2. The Bertz CT molecular complexity index is 613. The highest BCUT2D eigenvalue weighted by atomic mass is 16.5. The quantitative estimate of drug-likeness (QED) is 0.844. The van der Waals surface area contributed by atoms with Crippen LogP contribution in [0.5, 0.6) is 11.5 Å². The Morgan fingerprint density at radius 3 is 2.74 bits per heavy atom. The molecule has 2 aromatic rings. The zero-order valence-electron chi connectivity index (χ0n) is 11.1. The van der Waals surface area contributed by atoms with Crippen molar-refractivity contribution < 1.29 is 9.47 Å². The van der Waals surface area contributed by atoms with E-state index >= 15 is 0 Å². The molecular formula is C14H15N3O2. The van der Waals surface area contributed by atoms with Crippen LogP contribution in [0.15, 0.2) is 30.6 Å². The first-order valence-corrected chi connectivity index (χ1v) is 5.87. The van der Waals surface area contributed by atoms with Gasteiger partial charge in [-0.2, -0.15) is 5.26 Å². The third kappa shape index (κ3) is 2.68. The number of methoxy groups -OCH3 is 1. The molecule has 0 saturated heterocycles. The number of benzene rings is 1. The van der Waals surface area contributed by atoms with E-state index in [4.69, 9.17) is 14.7 Å². The zero-order chi connectivity index (χ0) is 13.8. The third-order valence-electron chi connectivity index (χ3n) is 2.82. The van der Waals surface area contributed by atoms with Crippen LogP contribution in [-0.4, -0.2) is 16.7 Å².